The average molecular weight is 335 g/mol. The Morgan fingerprint density at radius 1 is 1.21 bits per heavy atom. The van der Waals surface area contributed by atoms with Gasteiger partial charge in [0.05, 0.1) is 18.8 Å². The van der Waals surface area contributed by atoms with E-state index in [0.29, 0.717) is 12.5 Å². The number of hydrogen-bond acceptors (Lipinski definition) is 4. The fraction of sp³-hybridized carbons (Fsp3) is 0.706. The van der Waals surface area contributed by atoms with Crippen molar-refractivity contribution < 1.29 is 9.32 Å². The van der Waals surface area contributed by atoms with E-state index in [9.17, 15) is 4.79 Å². The van der Waals surface area contributed by atoms with E-state index >= 15 is 0 Å². The number of carbonyl (C=O) groups excluding carboxylic acids is 1. The van der Waals surface area contributed by atoms with Crippen LogP contribution >= 0.6 is 0 Å². The van der Waals surface area contributed by atoms with Crippen LogP contribution in [-0.2, 0) is 24.2 Å². The van der Waals surface area contributed by atoms with Crippen molar-refractivity contribution in [1.29, 1.82) is 0 Å². The van der Waals surface area contributed by atoms with Gasteiger partial charge in [-0.25, -0.2) is 4.99 Å². The molecule has 7 heteroatoms. The molecule has 2 rings (SSSR count). The smallest absolute Gasteiger partial charge is 0.241 e. The number of hydrogen-bond donors (Lipinski definition) is 2. The lowest BCUT2D eigenvalue weighted by atomic mass is 10.1. The van der Waals surface area contributed by atoms with Crippen LogP contribution in [0, 0.1) is 0 Å². The molecule has 1 aliphatic rings. The van der Waals surface area contributed by atoms with Crippen molar-refractivity contribution >= 4 is 11.9 Å². The number of likely N-dealkylation sites (tertiary alicyclic amines) is 1. The summed E-state index contributed by atoms with van der Waals surface area (Å²) in [5, 5.41) is 10.4. The summed E-state index contributed by atoms with van der Waals surface area (Å²) < 4.78 is 5.37. The lowest BCUT2D eigenvalue weighted by Gasteiger charge is -2.17. The van der Waals surface area contributed by atoms with Crippen LogP contribution in [0.2, 0.25) is 0 Å². The van der Waals surface area contributed by atoms with E-state index < -0.39 is 0 Å². The summed E-state index contributed by atoms with van der Waals surface area (Å²) in [5.74, 6) is 1.67. The first-order chi connectivity index (χ1) is 11.7. The number of carbonyl (C=O) groups is 1. The van der Waals surface area contributed by atoms with Crippen molar-refractivity contribution in [2.45, 2.75) is 53.0 Å². The lowest BCUT2D eigenvalue weighted by Crippen LogP contribution is -2.44. The SMILES string of the molecule is CCNC(=NCc1c(CC)noc1CC)NCC(=O)N1CCCC1. The van der Waals surface area contributed by atoms with Gasteiger partial charge in [0.25, 0.3) is 0 Å². The molecule has 0 aliphatic carbocycles. The molecule has 0 aromatic carbocycles. The van der Waals surface area contributed by atoms with Crippen LogP contribution in [-0.4, -0.2) is 48.1 Å². The minimum atomic E-state index is 0.131. The second-order valence-corrected chi connectivity index (χ2v) is 5.87. The van der Waals surface area contributed by atoms with Gasteiger partial charge in [-0.05, 0) is 26.2 Å². The van der Waals surface area contributed by atoms with Crippen molar-refractivity contribution in [3.63, 3.8) is 0 Å². The highest BCUT2D eigenvalue weighted by molar-refractivity contribution is 5.86. The summed E-state index contributed by atoms with van der Waals surface area (Å²) in [6.07, 6.45) is 3.83. The number of guanidine groups is 1. The van der Waals surface area contributed by atoms with E-state index in [0.717, 1.165) is 62.3 Å². The molecule has 2 N–H and O–H groups in total. The molecule has 1 aromatic heterocycles. The topological polar surface area (TPSA) is 82.8 Å². The van der Waals surface area contributed by atoms with Gasteiger partial charge in [0.1, 0.15) is 5.76 Å². The van der Waals surface area contributed by atoms with E-state index in [1.165, 1.54) is 0 Å². The Kier molecular flexibility index (Phi) is 7.08. The molecule has 1 saturated heterocycles. The molecule has 0 spiro atoms. The molecule has 7 nitrogen and oxygen atoms in total. The van der Waals surface area contributed by atoms with Gasteiger partial charge in [-0.3, -0.25) is 4.79 Å². The quantitative estimate of drug-likeness (QED) is 0.582. The van der Waals surface area contributed by atoms with Crippen LogP contribution in [0.1, 0.15) is 50.6 Å². The largest absolute Gasteiger partial charge is 0.361 e. The predicted octanol–water partition coefficient (Wildman–Crippen LogP) is 1.48. The van der Waals surface area contributed by atoms with Crippen molar-refractivity contribution in [2.75, 3.05) is 26.2 Å². The molecule has 1 amide bonds. The van der Waals surface area contributed by atoms with Gasteiger partial charge in [0, 0.05) is 31.6 Å². The molecule has 24 heavy (non-hydrogen) atoms. The minimum Gasteiger partial charge on any atom is -0.361 e. The Labute approximate surface area is 143 Å². The van der Waals surface area contributed by atoms with Crippen LogP contribution in [0.5, 0.6) is 0 Å². The van der Waals surface area contributed by atoms with Gasteiger partial charge >= 0.3 is 0 Å². The second-order valence-electron chi connectivity index (χ2n) is 5.87. The zero-order valence-corrected chi connectivity index (χ0v) is 15.0. The van der Waals surface area contributed by atoms with Crippen LogP contribution < -0.4 is 10.6 Å². The molecule has 1 aromatic rings. The summed E-state index contributed by atoms with van der Waals surface area (Å²) >= 11 is 0. The summed E-state index contributed by atoms with van der Waals surface area (Å²) in [6, 6.07) is 0. The van der Waals surface area contributed by atoms with E-state index in [1.54, 1.807) is 0 Å². The molecule has 1 fully saturated rings. The number of nitrogens with one attached hydrogen (secondary N) is 2. The van der Waals surface area contributed by atoms with Crippen molar-refractivity contribution in [3.05, 3.63) is 17.0 Å². The molecule has 2 heterocycles. The minimum absolute atomic E-state index is 0.131. The number of aliphatic imine (C=N–C) groups is 1. The molecule has 0 unspecified atom stereocenters. The number of aryl methyl sites for hydroxylation is 2. The third-order valence-corrected chi connectivity index (χ3v) is 4.21. The van der Waals surface area contributed by atoms with Crippen LogP contribution in [0.25, 0.3) is 0 Å². The number of rotatable bonds is 7. The maximum atomic E-state index is 12.1. The van der Waals surface area contributed by atoms with Gasteiger partial charge in [0.2, 0.25) is 5.91 Å². The fourth-order valence-electron chi connectivity index (χ4n) is 2.85. The van der Waals surface area contributed by atoms with E-state index in [2.05, 4.69) is 27.7 Å². The molecule has 0 bridgehead atoms. The van der Waals surface area contributed by atoms with Crippen LogP contribution in [0.15, 0.2) is 9.52 Å². The third kappa shape index (κ3) is 4.72. The Morgan fingerprint density at radius 3 is 2.58 bits per heavy atom. The van der Waals surface area contributed by atoms with Gasteiger partial charge in [-0.15, -0.1) is 0 Å². The standard InChI is InChI=1S/C17H29N5O2/c1-4-14-13(15(5-2)24-21-14)11-19-17(18-6-3)20-12-16(23)22-9-7-8-10-22/h4-12H2,1-3H3,(H2,18,19,20). The zero-order valence-electron chi connectivity index (χ0n) is 15.0. The van der Waals surface area contributed by atoms with Crippen LogP contribution in [0.4, 0.5) is 0 Å². The Hall–Kier alpha value is -2.05. The highest BCUT2D eigenvalue weighted by Gasteiger charge is 2.18. The maximum Gasteiger partial charge on any atom is 0.241 e. The van der Waals surface area contributed by atoms with Gasteiger partial charge < -0.3 is 20.1 Å². The highest BCUT2D eigenvalue weighted by Crippen LogP contribution is 2.16. The molecule has 1 aliphatic heterocycles. The maximum absolute atomic E-state index is 12.1. The third-order valence-electron chi connectivity index (χ3n) is 4.21. The number of nitrogens with zero attached hydrogens (tertiary/aromatic N) is 3. The van der Waals surface area contributed by atoms with Gasteiger partial charge in [-0.1, -0.05) is 19.0 Å². The van der Waals surface area contributed by atoms with Gasteiger partial charge in [-0.2, -0.15) is 0 Å². The van der Waals surface area contributed by atoms with Gasteiger partial charge in [0.15, 0.2) is 5.96 Å². The van der Waals surface area contributed by atoms with Crippen molar-refractivity contribution in [3.8, 4) is 0 Å². The monoisotopic (exact) mass is 335 g/mol. The summed E-state index contributed by atoms with van der Waals surface area (Å²) in [7, 11) is 0. The predicted molar refractivity (Wildman–Crippen MR) is 93.9 cm³/mol. The fourth-order valence-corrected chi connectivity index (χ4v) is 2.85. The normalized spacial score (nSPS) is 15.0. The Morgan fingerprint density at radius 2 is 1.96 bits per heavy atom. The molecule has 0 radical (unpaired) electrons. The summed E-state index contributed by atoms with van der Waals surface area (Å²) in [6.45, 7) is 9.37. The Balaban J connectivity index is 1.97. The summed E-state index contributed by atoms with van der Waals surface area (Å²) in [5.41, 5.74) is 2.02. The number of amides is 1. The first-order valence-electron chi connectivity index (χ1n) is 8.95. The molecule has 0 atom stereocenters. The molecular weight excluding hydrogens is 306 g/mol. The van der Waals surface area contributed by atoms with Crippen molar-refractivity contribution in [2.24, 2.45) is 4.99 Å². The Bertz CT molecular complexity index is 540. The second kappa shape index (κ2) is 9.30. The molecule has 0 saturated carbocycles. The zero-order chi connectivity index (χ0) is 17.4. The average Bonchev–Trinajstić information content (AvgIpc) is 3.25. The van der Waals surface area contributed by atoms with Crippen LogP contribution in [0.3, 0.4) is 0 Å². The van der Waals surface area contributed by atoms with E-state index in [4.69, 9.17) is 4.52 Å². The lowest BCUT2D eigenvalue weighted by molar-refractivity contribution is -0.128. The highest BCUT2D eigenvalue weighted by atomic mass is 16.5. The van der Waals surface area contributed by atoms with Crippen molar-refractivity contribution in [1.82, 2.24) is 20.7 Å². The van der Waals surface area contributed by atoms with E-state index in [1.807, 2.05) is 18.7 Å². The van der Waals surface area contributed by atoms with E-state index in [-0.39, 0.29) is 12.5 Å². The summed E-state index contributed by atoms with van der Waals surface area (Å²) in [4.78, 5) is 18.6. The first-order valence-corrected chi connectivity index (χ1v) is 8.95. The molecular formula is C17H29N5O2. The number of aromatic nitrogens is 1. The first kappa shape index (κ1) is 18.3. The molecule has 134 valence electrons.